The molecule has 0 fully saturated rings. The zero-order valence-electron chi connectivity index (χ0n) is 9.96. The molecule has 1 aromatic rings. The summed E-state index contributed by atoms with van der Waals surface area (Å²) >= 11 is 0. The van der Waals surface area contributed by atoms with E-state index in [0.717, 1.165) is 5.56 Å². The molecule has 0 heterocycles. The smallest absolute Gasteiger partial charge is 0.105 e. The molecule has 0 saturated carbocycles. The number of hydrogen-bond acceptors (Lipinski definition) is 0. The van der Waals surface area contributed by atoms with Gasteiger partial charge in [-0.1, -0.05) is 48.5 Å². The maximum Gasteiger partial charge on any atom is 0.105 e. The molecular weight excluding hydrogens is 196 g/mol. The fraction of sp³-hybridized carbons (Fsp3) is 0.286. The maximum absolute atomic E-state index is 5.53. The third kappa shape index (κ3) is 2.84. The predicted octanol–water partition coefficient (Wildman–Crippen LogP) is 3.09. The molecule has 0 aliphatic heterocycles. The molecule has 1 heteroatoms. The average molecular weight is 214 g/mol. The first-order chi connectivity index (χ1) is 6.97. The molecule has 0 N–H and O–H groups in total. The summed E-state index contributed by atoms with van der Waals surface area (Å²) in [6.07, 6.45) is 5.53. The molecule has 0 nitrogen and oxygen atoms in total. The molecular formula is C14H18Si. The van der Waals surface area contributed by atoms with Gasteiger partial charge in [0.2, 0.25) is 0 Å². The van der Waals surface area contributed by atoms with Crippen molar-refractivity contribution in [1.82, 2.24) is 0 Å². The first-order valence-electron chi connectivity index (χ1n) is 5.19. The maximum atomic E-state index is 5.53. The zero-order chi connectivity index (χ0) is 11.5. The van der Waals surface area contributed by atoms with E-state index in [-0.39, 0.29) is 0 Å². The second-order valence-electron chi connectivity index (χ2n) is 4.63. The lowest BCUT2D eigenvalue weighted by molar-refractivity contribution is 1.40. The Balaban J connectivity index is 3.27. The second-order valence-corrected chi connectivity index (χ2v) is 8.90. The largest absolute Gasteiger partial charge is 0.115 e. The SMILES string of the molecule is C#Cc1ccccc1[Si](C)(C)C=C(C)C. The van der Waals surface area contributed by atoms with Gasteiger partial charge in [0.05, 0.1) is 0 Å². The Morgan fingerprint density at radius 2 is 1.87 bits per heavy atom. The molecule has 0 amide bonds. The van der Waals surface area contributed by atoms with Gasteiger partial charge in [-0.25, -0.2) is 0 Å². The minimum absolute atomic E-state index is 1.05. The van der Waals surface area contributed by atoms with Crippen LogP contribution in [0.2, 0.25) is 13.1 Å². The average Bonchev–Trinajstić information content (AvgIpc) is 2.16. The van der Waals surface area contributed by atoms with Crippen molar-refractivity contribution >= 4 is 13.3 Å². The Morgan fingerprint density at radius 3 is 2.40 bits per heavy atom. The Morgan fingerprint density at radius 1 is 1.27 bits per heavy atom. The lowest BCUT2D eigenvalue weighted by Gasteiger charge is -2.21. The number of allylic oxidation sites excluding steroid dienone is 1. The molecule has 1 aromatic carbocycles. The van der Waals surface area contributed by atoms with Gasteiger partial charge in [-0.2, -0.15) is 0 Å². The van der Waals surface area contributed by atoms with Gasteiger partial charge >= 0.3 is 0 Å². The molecule has 15 heavy (non-hydrogen) atoms. The van der Waals surface area contributed by atoms with Crippen LogP contribution in [0, 0.1) is 12.3 Å². The van der Waals surface area contributed by atoms with Crippen molar-refractivity contribution in [2.45, 2.75) is 26.9 Å². The summed E-state index contributed by atoms with van der Waals surface area (Å²) in [5.74, 6) is 2.78. The molecule has 0 aliphatic carbocycles. The minimum atomic E-state index is -1.51. The summed E-state index contributed by atoms with van der Waals surface area (Å²) in [4.78, 5) is 0. The Hall–Kier alpha value is -1.26. The summed E-state index contributed by atoms with van der Waals surface area (Å²) in [5, 5.41) is 1.36. The normalized spacial score (nSPS) is 10.6. The molecule has 0 saturated heterocycles. The molecule has 1 rings (SSSR count). The summed E-state index contributed by atoms with van der Waals surface area (Å²) in [5.41, 5.74) is 4.81. The van der Waals surface area contributed by atoms with E-state index in [1.165, 1.54) is 10.8 Å². The zero-order valence-corrected chi connectivity index (χ0v) is 11.0. The topological polar surface area (TPSA) is 0 Å². The summed E-state index contributed by atoms with van der Waals surface area (Å²) in [6.45, 7) is 8.95. The van der Waals surface area contributed by atoms with E-state index in [4.69, 9.17) is 6.42 Å². The minimum Gasteiger partial charge on any atom is -0.115 e. The van der Waals surface area contributed by atoms with E-state index >= 15 is 0 Å². The van der Waals surface area contributed by atoms with Gasteiger partial charge in [-0.05, 0) is 25.1 Å². The van der Waals surface area contributed by atoms with Crippen LogP contribution in [-0.2, 0) is 0 Å². The second kappa shape index (κ2) is 4.50. The van der Waals surface area contributed by atoms with Crippen molar-refractivity contribution in [1.29, 1.82) is 0 Å². The van der Waals surface area contributed by atoms with Crippen molar-refractivity contribution < 1.29 is 0 Å². The highest BCUT2D eigenvalue weighted by Gasteiger charge is 2.22. The van der Waals surface area contributed by atoms with Gasteiger partial charge in [0, 0.05) is 5.56 Å². The Labute approximate surface area is 94.0 Å². The van der Waals surface area contributed by atoms with Crippen LogP contribution in [0.1, 0.15) is 19.4 Å². The highest BCUT2D eigenvalue weighted by Crippen LogP contribution is 2.10. The predicted molar refractivity (Wildman–Crippen MR) is 70.9 cm³/mol. The molecule has 0 unspecified atom stereocenters. The van der Waals surface area contributed by atoms with Crippen LogP contribution in [0.25, 0.3) is 0 Å². The molecule has 0 bridgehead atoms. The molecule has 0 aromatic heterocycles. The summed E-state index contributed by atoms with van der Waals surface area (Å²) in [6, 6.07) is 8.28. The van der Waals surface area contributed by atoms with Gasteiger partial charge in [0.1, 0.15) is 8.07 Å². The van der Waals surface area contributed by atoms with Crippen molar-refractivity contribution in [3.05, 3.63) is 41.1 Å². The van der Waals surface area contributed by atoms with Gasteiger partial charge in [0.25, 0.3) is 0 Å². The Bertz CT molecular complexity index is 415. The van der Waals surface area contributed by atoms with Crippen LogP contribution in [-0.4, -0.2) is 8.07 Å². The van der Waals surface area contributed by atoms with Crippen LogP contribution < -0.4 is 5.19 Å². The number of benzene rings is 1. The van der Waals surface area contributed by atoms with Crippen molar-refractivity contribution in [3.63, 3.8) is 0 Å². The van der Waals surface area contributed by atoms with Crippen LogP contribution in [0.5, 0.6) is 0 Å². The highest BCUT2D eigenvalue weighted by molar-refractivity contribution is 6.94. The molecule has 0 spiro atoms. The summed E-state index contributed by atoms with van der Waals surface area (Å²) < 4.78 is 0. The number of rotatable bonds is 2. The summed E-state index contributed by atoms with van der Waals surface area (Å²) in [7, 11) is -1.51. The van der Waals surface area contributed by atoms with E-state index in [9.17, 15) is 0 Å². The molecule has 0 radical (unpaired) electrons. The lowest BCUT2D eigenvalue weighted by Crippen LogP contribution is -2.41. The number of terminal acetylenes is 1. The first-order valence-corrected chi connectivity index (χ1v) is 8.27. The van der Waals surface area contributed by atoms with Gasteiger partial charge in [0.15, 0.2) is 0 Å². The van der Waals surface area contributed by atoms with E-state index in [2.05, 4.69) is 50.7 Å². The van der Waals surface area contributed by atoms with Crippen molar-refractivity contribution in [3.8, 4) is 12.3 Å². The van der Waals surface area contributed by atoms with E-state index in [0.29, 0.717) is 0 Å². The fourth-order valence-electron chi connectivity index (χ4n) is 1.97. The van der Waals surface area contributed by atoms with Crippen molar-refractivity contribution in [2.75, 3.05) is 0 Å². The van der Waals surface area contributed by atoms with Crippen molar-refractivity contribution in [2.24, 2.45) is 0 Å². The number of hydrogen-bond donors (Lipinski definition) is 0. The standard InChI is InChI=1S/C14H18Si/c1-6-13-9-7-8-10-14(13)15(4,5)11-12(2)3/h1,7-11H,2-5H3. The molecule has 0 atom stereocenters. The monoisotopic (exact) mass is 214 g/mol. The lowest BCUT2D eigenvalue weighted by atomic mass is 10.2. The molecule has 0 aliphatic rings. The van der Waals surface area contributed by atoms with E-state index < -0.39 is 8.07 Å². The first kappa shape index (κ1) is 11.8. The van der Waals surface area contributed by atoms with E-state index in [1.807, 2.05) is 12.1 Å². The third-order valence-corrected chi connectivity index (χ3v) is 5.55. The van der Waals surface area contributed by atoms with Crippen LogP contribution in [0.15, 0.2) is 35.5 Å². The van der Waals surface area contributed by atoms with Crippen LogP contribution >= 0.6 is 0 Å². The highest BCUT2D eigenvalue weighted by atomic mass is 28.3. The van der Waals surface area contributed by atoms with Crippen LogP contribution in [0.4, 0.5) is 0 Å². The van der Waals surface area contributed by atoms with Gasteiger partial charge in [-0.3, -0.25) is 0 Å². The van der Waals surface area contributed by atoms with Crippen LogP contribution in [0.3, 0.4) is 0 Å². The van der Waals surface area contributed by atoms with Gasteiger partial charge < -0.3 is 0 Å². The molecule has 78 valence electrons. The quantitative estimate of drug-likeness (QED) is 0.524. The third-order valence-electron chi connectivity index (χ3n) is 2.43. The fourth-order valence-corrected chi connectivity index (χ4v) is 4.94. The van der Waals surface area contributed by atoms with Gasteiger partial charge in [-0.15, -0.1) is 6.42 Å². The van der Waals surface area contributed by atoms with E-state index in [1.54, 1.807) is 0 Å². The Kier molecular flexibility index (Phi) is 3.55.